The molecule has 4 aromatic rings. The molecule has 0 amide bonds. The summed E-state index contributed by atoms with van der Waals surface area (Å²) in [6.45, 7) is 1.87. The van der Waals surface area contributed by atoms with Crippen LogP contribution in [0.1, 0.15) is 5.56 Å². The Labute approximate surface area is 130 Å². The van der Waals surface area contributed by atoms with Crippen LogP contribution in [0.15, 0.2) is 62.4 Å². The van der Waals surface area contributed by atoms with Gasteiger partial charge in [0, 0.05) is 23.2 Å². The van der Waals surface area contributed by atoms with Gasteiger partial charge in [0.05, 0.1) is 11.1 Å². The molecule has 0 radical (unpaired) electrons. The molecule has 0 bridgehead atoms. The van der Waals surface area contributed by atoms with Gasteiger partial charge in [-0.1, -0.05) is 6.07 Å². The predicted octanol–water partition coefficient (Wildman–Crippen LogP) is 4.30. The first-order valence-corrected chi connectivity index (χ1v) is 7.12. The number of anilines is 2. The zero-order chi connectivity index (χ0) is 16.0. The van der Waals surface area contributed by atoms with Gasteiger partial charge in [-0.05, 0) is 36.8 Å². The van der Waals surface area contributed by atoms with E-state index in [2.05, 4.69) is 5.32 Å². The van der Waals surface area contributed by atoms with Crippen molar-refractivity contribution in [1.29, 1.82) is 0 Å². The topological polar surface area (TPSA) is 75.6 Å². The third-order valence-electron chi connectivity index (χ3n) is 3.78. The molecule has 0 fully saturated rings. The van der Waals surface area contributed by atoms with Crippen molar-refractivity contribution < 1.29 is 13.9 Å². The van der Waals surface area contributed by atoms with Crippen LogP contribution in [-0.2, 0) is 0 Å². The van der Waals surface area contributed by atoms with E-state index in [1.807, 2.05) is 25.1 Å². The molecule has 0 atom stereocenters. The molecule has 2 heterocycles. The molecule has 23 heavy (non-hydrogen) atoms. The minimum absolute atomic E-state index is 0.162. The molecular formula is C18H13NO4. The molecule has 2 N–H and O–H groups in total. The van der Waals surface area contributed by atoms with E-state index in [0.717, 1.165) is 10.9 Å². The summed E-state index contributed by atoms with van der Waals surface area (Å²) in [5.41, 5.74) is 2.94. The number of aryl methyl sites for hydroxylation is 1. The maximum Gasteiger partial charge on any atom is 0.336 e. The second-order valence-corrected chi connectivity index (χ2v) is 5.39. The second-order valence-electron chi connectivity index (χ2n) is 5.39. The summed E-state index contributed by atoms with van der Waals surface area (Å²) in [4.78, 5) is 11.7. The van der Waals surface area contributed by atoms with Crippen LogP contribution in [0, 0.1) is 6.92 Å². The van der Waals surface area contributed by atoms with E-state index in [0.29, 0.717) is 27.9 Å². The minimum Gasteiger partial charge on any atom is -0.508 e. The molecule has 5 heteroatoms. The Hall–Kier alpha value is -3.21. The van der Waals surface area contributed by atoms with Gasteiger partial charge in [0.2, 0.25) is 0 Å². The lowest BCUT2D eigenvalue weighted by Crippen LogP contribution is -1.98. The summed E-state index contributed by atoms with van der Waals surface area (Å²) in [7, 11) is 0. The predicted molar refractivity (Wildman–Crippen MR) is 88.4 cm³/mol. The zero-order valence-corrected chi connectivity index (χ0v) is 12.3. The number of hydrogen-bond donors (Lipinski definition) is 2. The molecule has 5 nitrogen and oxygen atoms in total. The molecule has 0 saturated heterocycles. The van der Waals surface area contributed by atoms with Gasteiger partial charge in [0.15, 0.2) is 5.58 Å². The molecule has 0 spiro atoms. The van der Waals surface area contributed by atoms with Crippen LogP contribution >= 0.6 is 0 Å². The Kier molecular flexibility index (Phi) is 2.87. The number of phenolic OH excluding ortho intramolecular Hbond substituents is 1. The van der Waals surface area contributed by atoms with Crippen LogP contribution in [0.5, 0.6) is 5.75 Å². The Balaban J connectivity index is 1.97. The maximum absolute atomic E-state index is 11.7. The Bertz CT molecular complexity index is 1090. The number of hydrogen-bond acceptors (Lipinski definition) is 5. The highest BCUT2D eigenvalue weighted by molar-refractivity contribution is 6.10. The lowest BCUT2D eigenvalue weighted by Gasteiger charge is -2.06. The lowest BCUT2D eigenvalue weighted by molar-refractivity contribution is 0.475. The van der Waals surface area contributed by atoms with E-state index in [1.54, 1.807) is 24.5 Å². The molecule has 4 rings (SSSR count). The van der Waals surface area contributed by atoms with Gasteiger partial charge in [-0.25, -0.2) is 4.79 Å². The SMILES string of the molecule is Cc1cc(=O)oc2c1ccc1occ(Nc3cccc(O)c3)c12. The van der Waals surface area contributed by atoms with E-state index >= 15 is 0 Å². The summed E-state index contributed by atoms with van der Waals surface area (Å²) in [5, 5.41) is 14.3. The fourth-order valence-electron chi connectivity index (χ4n) is 2.73. The number of benzene rings is 2. The number of fused-ring (bicyclic) bond motifs is 3. The minimum atomic E-state index is -0.396. The van der Waals surface area contributed by atoms with E-state index < -0.39 is 5.63 Å². The van der Waals surface area contributed by atoms with Gasteiger partial charge < -0.3 is 19.3 Å². The Morgan fingerprint density at radius 1 is 1.13 bits per heavy atom. The summed E-state index contributed by atoms with van der Waals surface area (Å²) in [6, 6.07) is 11.9. The Morgan fingerprint density at radius 3 is 2.83 bits per heavy atom. The van der Waals surface area contributed by atoms with Gasteiger partial charge in [0.25, 0.3) is 0 Å². The fourth-order valence-corrected chi connectivity index (χ4v) is 2.73. The number of furan rings is 1. The third kappa shape index (κ3) is 2.23. The van der Waals surface area contributed by atoms with Gasteiger partial charge in [0.1, 0.15) is 17.6 Å². The number of aromatic hydroxyl groups is 1. The average Bonchev–Trinajstić information content (AvgIpc) is 2.90. The first-order chi connectivity index (χ1) is 11.1. The molecule has 0 saturated carbocycles. The van der Waals surface area contributed by atoms with Crippen LogP contribution in [0.4, 0.5) is 11.4 Å². The van der Waals surface area contributed by atoms with Crippen LogP contribution < -0.4 is 10.9 Å². The molecular weight excluding hydrogens is 294 g/mol. The van der Waals surface area contributed by atoms with Gasteiger partial charge >= 0.3 is 5.63 Å². The highest BCUT2D eigenvalue weighted by Crippen LogP contribution is 2.35. The maximum atomic E-state index is 11.7. The summed E-state index contributed by atoms with van der Waals surface area (Å²) < 4.78 is 11.0. The van der Waals surface area contributed by atoms with Crippen molar-refractivity contribution >= 4 is 33.3 Å². The fraction of sp³-hybridized carbons (Fsp3) is 0.0556. The first-order valence-electron chi connectivity index (χ1n) is 7.12. The standard InChI is InChI=1S/C18H13NO4/c1-10-7-16(21)23-18-13(10)5-6-15-17(18)14(9-22-15)19-11-3-2-4-12(20)8-11/h2-9,19-20H,1H3. The highest BCUT2D eigenvalue weighted by Gasteiger charge is 2.14. The van der Waals surface area contributed by atoms with Gasteiger partial charge in [-0.15, -0.1) is 0 Å². The van der Waals surface area contributed by atoms with Crippen LogP contribution in [0.2, 0.25) is 0 Å². The lowest BCUT2D eigenvalue weighted by atomic mass is 10.1. The quantitative estimate of drug-likeness (QED) is 0.540. The third-order valence-corrected chi connectivity index (χ3v) is 3.78. The van der Waals surface area contributed by atoms with Crippen molar-refractivity contribution in [3.8, 4) is 5.75 Å². The van der Waals surface area contributed by atoms with Crippen molar-refractivity contribution in [3.05, 3.63) is 64.7 Å². The second kappa shape index (κ2) is 4.91. The molecule has 0 aliphatic carbocycles. The monoisotopic (exact) mass is 307 g/mol. The molecule has 0 aliphatic rings. The van der Waals surface area contributed by atoms with Crippen LogP contribution in [0.25, 0.3) is 21.9 Å². The first kappa shape index (κ1) is 13.5. The van der Waals surface area contributed by atoms with Gasteiger partial charge in [-0.3, -0.25) is 0 Å². The van der Waals surface area contributed by atoms with Crippen molar-refractivity contribution in [2.45, 2.75) is 6.92 Å². The smallest absolute Gasteiger partial charge is 0.336 e. The summed E-state index contributed by atoms with van der Waals surface area (Å²) in [5.74, 6) is 0.162. The number of nitrogens with one attached hydrogen (secondary N) is 1. The average molecular weight is 307 g/mol. The summed E-state index contributed by atoms with van der Waals surface area (Å²) in [6.07, 6.45) is 1.57. The van der Waals surface area contributed by atoms with Crippen LogP contribution in [0.3, 0.4) is 0 Å². The van der Waals surface area contributed by atoms with E-state index in [9.17, 15) is 9.90 Å². The molecule has 114 valence electrons. The van der Waals surface area contributed by atoms with Crippen molar-refractivity contribution in [3.63, 3.8) is 0 Å². The summed E-state index contributed by atoms with van der Waals surface area (Å²) >= 11 is 0. The number of phenols is 1. The van der Waals surface area contributed by atoms with E-state index in [4.69, 9.17) is 8.83 Å². The van der Waals surface area contributed by atoms with Crippen molar-refractivity contribution in [2.24, 2.45) is 0 Å². The Morgan fingerprint density at radius 2 is 2.00 bits per heavy atom. The number of rotatable bonds is 2. The van der Waals surface area contributed by atoms with E-state index in [1.165, 1.54) is 6.07 Å². The zero-order valence-electron chi connectivity index (χ0n) is 12.3. The van der Waals surface area contributed by atoms with E-state index in [-0.39, 0.29) is 5.75 Å². The normalized spacial score (nSPS) is 11.2. The molecule has 0 unspecified atom stereocenters. The molecule has 2 aromatic carbocycles. The molecule has 0 aliphatic heterocycles. The van der Waals surface area contributed by atoms with Gasteiger partial charge in [-0.2, -0.15) is 0 Å². The highest BCUT2D eigenvalue weighted by atomic mass is 16.4. The largest absolute Gasteiger partial charge is 0.508 e. The van der Waals surface area contributed by atoms with Crippen molar-refractivity contribution in [1.82, 2.24) is 0 Å². The van der Waals surface area contributed by atoms with Crippen molar-refractivity contribution in [2.75, 3.05) is 5.32 Å². The van der Waals surface area contributed by atoms with Crippen LogP contribution in [-0.4, -0.2) is 5.11 Å². The molecule has 2 aromatic heterocycles.